The number of hydrogen-bond donors (Lipinski definition) is 0. The lowest BCUT2D eigenvalue weighted by Gasteiger charge is -2.22. The van der Waals surface area contributed by atoms with Crippen LogP contribution >= 0.6 is 0 Å². The summed E-state index contributed by atoms with van der Waals surface area (Å²) in [6.45, 7) is 0. The highest BCUT2D eigenvalue weighted by molar-refractivity contribution is 6.12. The van der Waals surface area contributed by atoms with E-state index in [1.807, 2.05) is 6.07 Å². The molecule has 0 bridgehead atoms. The third kappa shape index (κ3) is 8.88. The summed E-state index contributed by atoms with van der Waals surface area (Å²) < 4.78 is 261. The first kappa shape index (κ1) is 51.1. The van der Waals surface area contributed by atoms with Crippen molar-refractivity contribution in [1.29, 1.82) is 5.26 Å². The Morgan fingerprint density at radius 3 is 0.974 bits per heavy atom. The van der Waals surface area contributed by atoms with Gasteiger partial charge in [0.05, 0.1) is 66.8 Å². The molecule has 0 aliphatic carbocycles. The quantitative estimate of drug-likeness (QED) is 0.158. The van der Waals surface area contributed by atoms with Crippen LogP contribution in [0.15, 0.2) is 152 Å². The normalized spacial score (nSPS) is 13.1. The highest BCUT2D eigenvalue weighted by Gasteiger charge is 2.43. The van der Waals surface area contributed by atoms with Gasteiger partial charge in [-0.1, -0.05) is 54.6 Å². The van der Waals surface area contributed by atoms with Crippen molar-refractivity contribution >= 4 is 43.6 Å². The van der Waals surface area contributed by atoms with E-state index in [0.717, 1.165) is 24.3 Å². The lowest BCUT2D eigenvalue weighted by molar-refractivity contribution is -0.144. The fraction of sp³-hybridized carbons (Fsp3) is 0.109. The fourth-order valence-electron chi connectivity index (χ4n) is 9.63. The maximum absolute atomic E-state index is 15.1. The van der Waals surface area contributed by atoms with E-state index in [1.54, 1.807) is 0 Å². The number of fused-ring (bicyclic) bond motifs is 6. The standard InChI is InChI=1S/C55H25F18N3/c56-50(57,58)32-16-29(17-33(24-32)51(59,60)61)27-12-14-45-38(20-27)36-6-1-3-10-43(36)75(45)47-22-31(49-41(54(68,69)70)8-5-9-42(49)55(71,72)73)23-48(40(47)26-74)76-44-11-4-2-7-37(44)39-21-28(13-15-46(39)76)30-18-34(52(62,63)64)25-35(19-30)53(65,66)67/h1-25H. The van der Waals surface area contributed by atoms with Gasteiger partial charge in [0.1, 0.15) is 11.6 Å². The average Bonchev–Trinajstić information content (AvgIpc) is 3.88. The Labute approximate surface area is 414 Å². The highest BCUT2D eigenvalue weighted by Crippen LogP contribution is 2.49. The summed E-state index contributed by atoms with van der Waals surface area (Å²) in [5, 5.41) is 11.9. The molecule has 2 heterocycles. The molecule has 2 aromatic heterocycles. The van der Waals surface area contributed by atoms with Crippen LogP contribution in [0.3, 0.4) is 0 Å². The minimum atomic E-state index is -5.46. The van der Waals surface area contributed by atoms with Crippen molar-refractivity contribution in [3.8, 4) is 50.8 Å². The van der Waals surface area contributed by atoms with Crippen molar-refractivity contribution in [1.82, 2.24) is 9.13 Å². The Morgan fingerprint density at radius 2 is 0.645 bits per heavy atom. The van der Waals surface area contributed by atoms with Gasteiger partial charge in [-0.3, -0.25) is 0 Å². The Hall–Kier alpha value is -8.41. The van der Waals surface area contributed by atoms with E-state index in [2.05, 4.69) is 0 Å². The summed E-state index contributed by atoms with van der Waals surface area (Å²) in [4.78, 5) is 0. The van der Waals surface area contributed by atoms with Crippen LogP contribution in [0.25, 0.3) is 88.4 Å². The maximum atomic E-state index is 15.1. The van der Waals surface area contributed by atoms with Gasteiger partial charge in [-0.2, -0.15) is 84.3 Å². The molecule has 0 atom stereocenters. The Kier molecular flexibility index (Phi) is 11.6. The van der Waals surface area contributed by atoms with Gasteiger partial charge in [0.2, 0.25) is 0 Å². The lowest BCUT2D eigenvalue weighted by atomic mass is 9.91. The molecule has 0 aliphatic rings. The van der Waals surface area contributed by atoms with Crippen LogP contribution in [0.4, 0.5) is 79.0 Å². The number of halogens is 18. The molecule has 0 amide bonds. The Bertz CT molecular complexity index is 3730. The molecule has 10 rings (SSSR count). The summed E-state index contributed by atoms with van der Waals surface area (Å²) in [5.41, 5.74) is -14.6. The molecule has 0 radical (unpaired) electrons. The molecular weight excluding hydrogens is 1040 g/mol. The van der Waals surface area contributed by atoms with E-state index in [-0.39, 0.29) is 78.2 Å². The summed E-state index contributed by atoms with van der Waals surface area (Å²) in [6.07, 6.45) is -31.8. The van der Waals surface area contributed by atoms with Gasteiger partial charge < -0.3 is 9.13 Å². The number of rotatable bonds is 5. The Morgan fingerprint density at radius 1 is 0.303 bits per heavy atom. The summed E-state index contributed by atoms with van der Waals surface area (Å²) in [7, 11) is 0. The summed E-state index contributed by atoms with van der Waals surface area (Å²) in [5.74, 6) is 0. The summed E-state index contributed by atoms with van der Waals surface area (Å²) >= 11 is 0. The molecule has 3 nitrogen and oxygen atoms in total. The van der Waals surface area contributed by atoms with Gasteiger partial charge >= 0.3 is 37.1 Å². The molecule has 0 unspecified atom stereocenters. The predicted molar refractivity (Wildman–Crippen MR) is 246 cm³/mol. The predicted octanol–water partition coefficient (Wildman–Crippen LogP) is 18.9. The van der Waals surface area contributed by atoms with Crippen molar-refractivity contribution in [3.63, 3.8) is 0 Å². The van der Waals surface area contributed by atoms with Crippen molar-refractivity contribution in [2.45, 2.75) is 37.1 Å². The maximum Gasteiger partial charge on any atom is 0.417 e. The molecule has 21 heteroatoms. The molecule has 0 aliphatic heterocycles. The zero-order chi connectivity index (χ0) is 54.8. The van der Waals surface area contributed by atoms with Crippen molar-refractivity contribution in [3.05, 3.63) is 191 Å². The zero-order valence-electron chi connectivity index (χ0n) is 37.6. The van der Waals surface area contributed by atoms with Gasteiger partial charge in [-0.15, -0.1) is 0 Å². The number of alkyl halides is 18. The molecule has 0 spiro atoms. The zero-order valence-corrected chi connectivity index (χ0v) is 37.6. The van der Waals surface area contributed by atoms with E-state index in [0.29, 0.717) is 42.5 Å². The second-order valence-corrected chi connectivity index (χ2v) is 17.5. The largest absolute Gasteiger partial charge is 0.417 e. The van der Waals surface area contributed by atoms with E-state index in [1.165, 1.54) is 81.9 Å². The van der Waals surface area contributed by atoms with Gasteiger partial charge in [0, 0.05) is 27.1 Å². The van der Waals surface area contributed by atoms with Crippen LogP contribution in [0.1, 0.15) is 38.9 Å². The van der Waals surface area contributed by atoms with Crippen molar-refractivity contribution < 1.29 is 79.0 Å². The molecule has 0 saturated heterocycles. The van der Waals surface area contributed by atoms with Gasteiger partial charge in [-0.25, -0.2) is 0 Å². The fourth-order valence-corrected chi connectivity index (χ4v) is 9.63. The molecule has 76 heavy (non-hydrogen) atoms. The van der Waals surface area contributed by atoms with E-state index < -0.39 is 98.3 Å². The number of nitrogens with zero attached hydrogens (tertiary/aromatic N) is 3. The first-order valence-corrected chi connectivity index (χ1v) is 22.0. The average molecular weight is 1070 g/mol. The highest BCUT2D eigenvalue weighted by atomic mass is 19.4. The lowest BCUT2D eigenvalue weighted by Crippen LogP contribution is -2.15. The monoisotopic (exact) mass is 1070 g/mol. The second-order valence-electron chi connectivity index (χ2n) is 17.5. The molecule has 0 saturated carbocycles. The topological polar surface area (TPSA) is 33.6 Å². The number of aromatic nitrogens is 2. The van der Waals surface area contributed by atoms with Gasteiger partial charge in [0.15, 0.2) is 0 Å². The number of hydrogen-bond acceptors (Lipinski definition) is 1. The number of para-hydroxylation sites is 2. The van der Waals surface area contributed by atoms with Gasteiger partial charge in [-0.05, 0) is 125 Å². The van der Waals surface area contributed by atoms with E-state index in [9.17, 15) is 57.9 Å². The minimum Gasteiger partial charge on any atom is -0.308 e. The van der Waals surface area contributed by atoms with Crippen LogP contribution in [0, 0.1) is 11.3 Å². The van der Waals surface area contributed by atoms with Crippen LogP contribution < -0.4 is 0 Å². The molecule has 0 fully saturated rings. The van der Waals surface area contributed by atoms with Crippen LogP contribution in [0.5, 0.6) is 0 Å². The molecule has 386 valence electrons. The van der Waals surface area contributed by atoms with Crippen LogP contribution in [-0.4, -0.2) is 9.13 Å². The molecule has 10 aromatic rings. The molecular formula is C55H25F18N3. The van der Waals surface area contributed by atoms with Crippen molar-refractivity contribution in [2.24, 2.45) is 0 Å². The second kappa shape index (κ2) is 17.3. The Balaban J connectivity index is 1.31. The SMILES string of the molecule is N#Cc1c(-n2c3ccccc3c3cc(-c4cc(C(F)(F)F)cc(C(F)(F)F)c4)ccc32)cc(-c2c(C(F)(F)F)cccc2C(F)(F)F)cc1-n1c2ccccc2c2cc(-c3cc(C(F)(F)F)cc(C(F)(F)F)c3)ccc21. The molecule has 0 N–H and O–H groups in total. The first-order valence-electron chi connectivity index (χ1n) is 22.0. The number of benzene rings is 8. The third-order valence-corrected chi connectivity index (χ3v) is 12.8. The minimum absolute atomic E-state index is 0.0129. The number of nitriles is 1. The van der Waals surface area contributed by atoms with Crippen LogP contribution in [-0.2, 0) is 37.1 Å². The van der Waals surface area contributed by atoms with E-state index in [4.69, 9.17) is 0 Å². The van der Waals surface area contributed by atoms with E-state index >= 15 is 26.3 Å². The third-order valence-electron chi connectivity index (χ3n) is 12.8. The van der Waals surface area contributed by atoms with Gasteiger partial charge in [0.25, 0.3) is 0 Å². The molecule has 8 aromatic carbocycles. The first-order chi connectivity index (χ1) is 35.4. The smallest absolute Gasteiger partial charge is 0.308 e. The van der Waals surface area contributed by atoms with Crippen LogP contribution in [0.2, 0.25) is 0 Å². The van der Waals surface area contributed by atoms with Crippen molar-refractivity contribution in [2.75, 3.05) is 0 Å². The summed E-state index contributed by atoms with van der Waals surface area (Å²) in [6, 6.07) is 25.9.